The summed E-state index contributed by atoms with van der Waals surface area (Å²) >= 11 is 1.83. The van der Waals surface area contributed by atoms with E-state index in [0.717, 1.165) is 17.9 Å². The Bertz CT molecular complexity index is 279. The highest BCUT2D eigenvalue weighted by atomic mass is 127. The Morgan fingerprint density at radius 1 is 1.69 bits per heavy atom. The molecule has 0 aliphatic carbocycles. The van der Waals surface area contributed by atoms with E-state index in [4.69, 9.17) is 4.74 Å². The van der Waals surface area contributed by atoms with Gasteiger partial charge in [-0.25, -0.2) is 4.57 Å². The van der Waals surface area contributed by atoms with Gasteiger partial charge in [-0.05, 0) is 0 Å². The van der Waals surface area contributed by atoms with Crippen LogP contribution in [-0.2, 0) is 11.8 Å². The smallest absolute Gasteiger partial charge is 0.285 e. The quantitative estimate of drug-likeness (QED) is 0.430. The van der Waals surface area contributed by atoms with Crippen molar-refractivity contribution in [1.29, 1.82) is 0 Å². The Morgan fingerprint density at radius 2 is 2.54 bits per heavy atom. The van der Waals surface area contributed by atoms with Gasteiger partial charge < -0.3 is 28.7 Å². The first kappa shape index (κ1) is 11.2. The highest BCUT2D eigenvalue weighted by Gasteiger charge is 2.20. The maximum Gasteiger partial charge on any atom is 0.285 e. The molecular formula is C8H11IN2OS. The predicted octanol–water partition coefficient (Wildman–Crippen LogP) is -2.33. The van der Waals surface area contributed by atoms with E-state index in [1.54, 1.807) is 6.33 Å². The Hall–Kier alpha value is 0.120. The first-order chi connectivity index (χ1) is 5.86. The molecule has 0 radical (unpaired) electrons. The molecule has 3 nitrogen and oxygen atoms in total. The van der Waals surface area contributed by atoms with Gasteiger partial charge in [-0.3, -0.25) is 0 Å². The summed E-state index contributed by atoms with van der Waals surface area (Å²) in [6, 6.07) is 0. The van der Waals surface area contributed by atoms with Crippen molar-refractivity contribution in [2.24, 2.45) is 7.05 Å². The zero-order valence-corrected chi connectivity index (χ0v) is 10.3. The topological polar surface area (TPSA) is 26.0 Å². The summed E-state index contributed by atoms with van der Waals surface area (Å²) in [5.74, 6) is 1.09. The van der Waals surface area contributed by atoms with Crippen LogP contribution in [-0.4, -0.2) is 17.3 Å². The van der Waals surface area contributed by atoms with Gasteiger partial charge >= 0.3 is 0 Å². The Balaban J connectivity index is 0.000000845. The molecule has 1 fully saturated rings. The van der Waals surface area contributed by atoms with Gasteiger partial charge in [0.25, 0.3) is 6.33 Å². The Labute approximate surface area is 98.9 Å². The summed E-state index contributed by atoms with van der Waals surface area (Å²) in [6.45, 7) is 0.855. The summed E-state index contributed by atoms with van der Waals surface area (Å²) in [5, 5.41) is 0. The molecule has 0 saturated carbocycles. The molecule has 0 N–H and O–H groups in total. The molecule has 1 aliphatic rings. The monoisotopic (exact) mass is 310 g/mol. The molecule has 1 atom stereocenters. The lowest BCUT2D eigenvalue weighted by Gasteiger charge is -2.04. The summed E-state index contributed by atoms with van der Waals surface area (Å²) in [5.41, 5.74) is 1.35. The lowest BCUT2D eigenvalue weighted by atomic mass is 10.4. The van der Waals surface area contributed by atoms with Crippen LogP contribution in [0.25, 0.3) is 0 Å². The second-order valence-corrected chi connectivity index (χ2v) is 3.93. The standard InChI is InChI=1S/C8H11N2OS.HI/c1-10-5-7(4-9-6-10)8-11-2-3-12-8;/h4-6,8H,2-3H2,1H3;1H/q+1;/p-1. The van der Waals surface area contributed by atoms with Gasteiger partial charge in [0.1, 0.15) is 17.8 Å². The highest BCUT2D eigenvalue weighted by Crippen LogP contribution is 2.33. The van der Waals surface area contributed by atoms with Gasteiger partial charge in [0.15, 0.2) is 0 Å². The van der Waals surface area contributed by atoms with Gasteiger partial charge in [0, 0.05) is 5.75 Å². The van der Waals surface area contributed by atoms with Crippen molar-refractivity contribution in [2.45, 2.75) is 5.44 Å². The molecule has 1 aromatic rings. The fourth-order valence-corrected chi connectivity index (χ4v) is 2.11. The van der Waals surface area contributed by atoms with Crippen LogP contribution in [0, 0.1) is 0 Å². The van der Waals surface area contributed by atoms with Crippen LogP contribution in [0.5, 0.6) is 0 Å². The number of ether oxygens (including phenoxy) is 1. The molecule has 0 aromatic carbocycles. The molecule has 0 spiro atoms. The first-order valence-electron chi connectivity index (χ1n) is 3.89. The molecule has 5 heteroatoms. The summed E-state index contributed by atoms with van der Waals surface area (Å²) in [4.78, 5) is 4.10. The average molecular weight is 310 g/mol. The van der Waals surface area contributed by atoms with Crippen LogP contribution in [0.4, 0.5) is 0 Å². The molecule has 13 heavy (non-hydrogen) atoms. The van der Waals surface area contributed by atoms with Gasteiger partial charge in [-0.15, -0.1) is 11.8 Å². The van der Waals surface area contributed by atoms with E-state index < -0.39 is 0 Å². The van der Waals surface area contributed by atoms with Crippen LogP contribution >= 0.6 is 11.8 Å². The van der Waals surface area contributed by atoms with E-state index in [2.05, 4.69) is 11.2 Å². The molecule has 2 heterocycles. The second-order valence-electron chi connectivity index (χ2n) is 2.76. The number of aromatic nitrogens is 2. The molecule has 1 unspecified atom stereocenters. The van der Waals surface area contributed by atoms with Crippen molar-refractivity contribution in [1.82, 2.24) is 4.98 Å². The molecule has 1 saturated heterocycles. The van der Waals surface area contributed by atoms with Crippen molar-refractivity contribution in [2.75, 3.05) is 12.4 Å². The maximum atomic E-state index is 5.50. The fourth-order valence-electron chi connectivity index (χ4n) is 1.20. The number of hydrogen-bond donors (Lipinski definition) is 0. The van der Waals surface area contributed by atoms with E-state index in [1.807, 2.05) is 29.6 Å². The van der Waals surface area contributed by atoms with E-state index >= 15 is 0 Å². The molecule has 72 valence electrons. The summed E-state index contributed by atoms with van der Waals surface area (Å²) < 4.78 is 7.45. The van der Waals surface area contributed by atoms with Gasteiger partial charge in [-0.1, -0.05) is 4.98 Å². The van der Waals surface area contributed by atoms with Crippen molar-refractivity contribution in [3.63, 3.8) is 0 Å². The van der Waals surface area contributed by atoms with E-state index in [-0.39, 0.29) is 29.4 Å². The molecule has 0 bridgehead atoms. The second kappa shape index (κ2) is 5.11. The van der Waals surface area contributed by atoms with E-state index in [1.165, 1.54) is 0 Å². The number of rotatable bonds is 1. The van der Waals surface area contributed by atoms with Crippen molar-refractivity contribution >= 4 is 11.8 Å². The minimum Gasteiger partial charge on any atom is -1.00 e. The number of halogens is 1. The van der Waals surface area contributed by atoms with Crippen LogP contribution in [0.1, 0.15) is 11.0 Å². The SMILES string of the molecule is C[n+]1cncc(C2OCCS2)c1.[I-]. The van der Waals surface area contributed by atoms with E-state index in [0.29, 0.717) is 0 Å². The highest BCUT2D eigenvalue weighted by molar-refractivity contribution is 7.99. The van der Waals surface area contributed by atoms with Gasteiger partial charge in [0.05, 0.1) is 19.2 Å². The summed E-state index contributed by atoms with van der Waals surface area (Å²) in [6.07, 6.45) is 5.70. The Kier molecular flexibility index (Phi) is 4.40. The minimum absolute atomic E-state index is 0. The minimum atomic E-state index is 0. The normalized spacial score (nSPS) is 21.2. The fraction of sp³-hybridized carbons (Fsp3) is 0.500. The largest absolute Gasteiger partial charge is 1.00 e. The summed E-state index contributed by atoms with van der Waals surface area (Å²) in [7, 11) is 1.97. The number of aryl methyl sites for hydroxylation is 1. The van der Waals surface area contributed by atoms with E-state index in [9.17, 15) is 0 Å². The predicted molar refractivity (Wildman–Crippen MR) is 46.6 cm³/mol. The first-order valence-corrected chi connectivity index (χ1v) is 4.94. The van der Waals surface area contributed by atoms with Crippen molar-refractivity contribution in [3.05, 3.63) is 24.3 Å². The Morgan fingerprint density at radius 3 is 3.15 bits per heavy atom. The molecule has 1 aliphatic heterocycles. The van der Waals surface area contributed by atoms with Crippen LogP contribution in [0.15, 0.2) is 18.7 Å². The lowest BCUT2D eigenvalue weighted by molar-refractivity contribution is -0.675. The zero-order chi connectivity index (χ0) is 8.39. The van der Waals surface area contributed by atoms with Gasteiger partial charge in [-0.2, -0.15) is 0 Å². The van der Waals surface area contributed by atoms with Crippen LogP contribution in [0.3, 0.4) is 0 Å². The number of hydrogen-bond acceptors (Lipinski definition) is 3. The molecule has 1 aromatic heterocycles. The zero-order valence-electron chi connectivity index (χ0n) is 7.31. The van der Waals surface area contributed by atoms with Crippen LogP contribution in [0.2, 0.25) is 0 Å². The lowest BCUT2D eigenvalue weighted by Crippen LogP contribution is -3.00. The average Bonchev–Trinajstić information content (AvgIpc) is 2.56. The third kappa shape index (κ3) is 2.78. The number of nitrogens with zero attached hydrogens (tertiary/aromatic N) is 2. The number of thioether (sulfide) groups is 1. The van der Waals surface area contributed by atoms with Gasteiger partial charge in [0.2, 0.25) is 0 Å². The molecule has 0 amide bonds. The third-order valence-corrected chi connectivity index (χ3v) is 2.83. The molecule has 2 rings (SSSR count). The van der Waals surface area contributed by atoms with Crippen molar-refractivity contribution in [3.8, 4) is 0 Å². The molecular weight excluding hydrogens is 299 g/mol. The maximum absolute atomic E-state index is 5.50. The van der Waals surface area contributed by atoms with Crippen LogP contribution < -0.4 is 28.5 Å². The third-order valence-electron chi connectivity index (χ3n) is 1.72. The van der Waals surface area contributed by atoms with Crippen molar-refractivity contribution < 1.29 is 33.3 Å².